The zero-order chi connectivity index (χ0) is 14.9. The lowest BCUT2D eigenvalue weighted by Gasteiger charge is -2.34. The summed E-state index contributed by atoms with van der Waals surface area (Å²) in [6.45, 7) is 5.82. The van der Waals surface area contributed by atoms with Gasteiger partial charge in [0, 0.05) is 13.1 Å². The van der Waals surface area contributed by atoms with Crippen LogP contribution in [0, 0.1) is 11.3 Å². The Kier molecular flexibility index (Phi) is 4.22. The van der Waals surface area contributed by atoms with E-state index in [-0.39, 0.29) is 11.0 Å². The van der Waals surface area contributed by atoms with E-state index in [1.165, 1.54) is 12.8 Å². The molecule has 6 heteroatoms. The predicted molar refractivity (Wildman–Crippen MR) is 84.9 cm³/mol. The molecule has 21 heavy (non-hydrogen) atoms. The molecular weight excluding hydrogens is 288 g/mol. The zero-order valence-corrected chi connectivity index (χ0v) is 13.2. The minimum Gasteiger partial charge on any atom is -0.379 e. The second-order valence-electron chi connectivity index (χ2n) is 6.71. The van der Waals surface area contributed by atoms with Gasteiger partial charge in [-0.3, -0.25) is 4.79 Å². The highest BCUT2D eigenvalue weighted by Gasteiger charge is 2.28. The summed E-state index contributed by atoms with van der Waals surface area (Å²) in [5.74, 6) is 0.617. The summed E-state index contributed by atoms with van der Waals surface area (Å²) < 4.78 is 1.55. The van der Waals surface area contributed by atoms with Crippen LogP contribution in [0.5, 0.6) is 0 Å². The molecule has 1 aliphatic heterocycles. The van der Waals surface area contributed by atoms with Gasteiger partial charge in [0.25, 0.3) is 5.56 Å². The van der Waals surface area contributed by atoms with Crippen LogP contribution in [0.2, 0.25) is 5.02 Å². The SMILES string of the molecule is CC1(CNc2c(Cl)cnn(CC3CC3)c2=O)CCNCC1. The van der Waals surface area contributed by atoms with Crippen LogP contribution in [-0.2, 0) is 6.54 Å². The molecule has 0 aromatic carbocycles. The van der Waals surface area contributed by atoms with E-state index in [0.717, 1.165) is 32.5 Å². The Morgan fingerprint density at radius 1 is 1.48 bits per heavy atom. The summed E-state index contributed by atoms with van der Waals surface area (Å²) in [6, 6.07) is 0. The van der Waals surface area contributed by atoms with Crippen molar-refractivity contribution in [2.75, 3.05) is 25.0 Å². The van der Waals surface area contributed by atoms with E-state index < -0.39 is 0 Å². The monoisotopic (exact) mass is 310 g/mol. The average molecular weight is 311 g/mol. The van der Waals surface area contributed by atoms with E-state index in [4.69, 9.17) is 11.6 Å². The molecular formula is C15H23ClN4O. The number of hydrogen-bond donors (Lipinski definition) is 2. The lowest BCUT2D eigenvalue weighted by molar-refractivity contribution is 0.247. The maximum Gasteiger partial charge on any atom is 0.291 e. The second-order valence-corrected chi connectivity index (χ2v) is 7.12. The number of rotatable bonds is 5. The molecule has 2 aliphatic rings. The van der Waals surface area contributed by atoms with Gasteiger partial charge in [-0.05, 0) is 50.1 Å². The topological polar surface area (TPSA) is 59.0 Å². The smallest absolute Gasteiger partial charge is 0.291 e. The summed E-state index contributed by atoms with van der Waals surface area (Å²) in [5, 5.41) is 11.2. The van der Waals surface area contributed by atoms with Crippen LogP contribution in [-0.4, -0.2) is 29.4 Å². The number of nitrogens with one attached hydrogen (secondary N) is 2. The van der Waals surface area contributed by atoms with Gasteiger partial charge in [-0.15, -0.1) is 0 Å². The van der Waals surface area contributed by atoms with Crippen LogP contribution in [0.1, 0.15) is 32.6 Å². The molecule has 0 radical (unpaired) electrons. The van der Waals surface area contributed by atoms with Gasteiger partial charge in [0.05, 0.1) is 11.2 Å². The summed E-state index contributed by atoms with van der Waals surface area (Å²) in [6.07, 6.45) is 6.20. The first-order chi connectivity index (χ1) is 10.1. The summed E-state index contributed by atoms with van der Waals surface area (Å²) in [7, 11) is 0. The first-order valence-electron chi connectivity index (χ1n) is 7.78. The molecule has 0 unspecified atom stereocenters. The summed E-state index contributed by atoms with van der Waals surface area (Å²) in [5.41, 5.74) is 0.630. The van der Waals surface area contributed by atoms with Gasteiger partial charge in [0.2, 0.25) is 0 Å². The third-order valence-electron chi connectivity index (χ3n) is 4.63. The molecule has 116 valence electrons. The summed E-state index contributed by atoms with van der Waals surface area (Å²) >= 11 is 6.17. The van der Waals surface area contributed by atoms with Crippen molar-refractivity contribution in [3.63, 3.8) is 0 Å². The highest BCUT2D eigenvalue weighted by Crippen LogP contribution is 2.31. The maximum absolute atomic E-state index is 12.5. The molecule has 1 saturated heterocycles. The Bertz CT molecular complexity index is 561. The fourth-order valence-electron chi connectivity index (χ4n) is 2.81. The minimum absolute atomic E-state index is 0.0908. The zero-order valence-electron chi connectivity index (χ0n) is 12.5. The van der Waals surface area contributed by atoms with Crippen molar-refractivity contribution in [2.24, 2.45) is 11.3 Å². The van der Waals surface area contributed by atoms with Crippen LogP contribution in [0.4, 0.5) is 5.69 Å². The Labute approximate surface area is 130 Å². The molecule has 2 N–H and O–H groups in total. The van der Waals surface area contributed by atoms with E-state index in [2.05, 4.69) is 22.7 Å². The molecule has 2 heterocycles. The van der Waals surface area contributed by atoms with Gasteiger partial charge in [-0.2, -0.15) is 5.10 Å². The summed E-state index contributed by atoms with van der Waals surface area (Å²) in [4.78, 5) is 12.5. The standard InChI is InChI=1S/C15H23ClN4O/c1-15(4-6-17-7-5-15)10-18-13-12(16)8-19-20(14(13)21)9-11-2-3-11/h8,11,17-18H,2-7,9-10H2,1H3. The van der Waals surface area contributed by atoms with Crippen molar-refractivity contribution < 1.29 is 0 Å². The largest absolute Gasteiger partial charge is 0.379 e. The molecule has 0 spiro atoms. The molecule has 1 aliphatic carbocycles. The quantitative estimate of drug-likeness (QED) is 0.874. The third-order valence-corrected chi connectivity index (χ3v) is 4.91. The highest BCUT2D eigenvalue weighted by atomic mass is 35.5. The minimum atomic E-state index is -0.0908. The molecule has 1 saturated carbocycles. The van der Waals surface area contributed by atoms with Gasteiger partial charge in [-0.25, -0.2) is 4.68 Å². The Hall–Kier alpha value is -1.07. The highest BCUT2D eigenvalue weighted by molar-refractivity contribution is 6.32. The first-order valence-corrected chi connectivity index (χ1v) is 8.15. The number of anilines is 1. The van der Waals surface area contributed by atoms with Crippen molar-refractivity contribution in [3.8, 4) is 0 Å². The van der Waals surface area contributed by atoms with Gasteiger partial charge in [0.15, 0.2) is 0 Å². The molecule has 0 atom stereocenters. The molecule has 5 nitrogen and oxygen atoms in total. The van der Waals surface area contributed by atoms with Crippen LogP contribution in [0.3, 0.4) is 0 Å². The van der Waals surface area contributed by atoms with E-state index in [1.54, 1.807) is 10.9 Å². The molecule has 0 bridgehead atoms. The van der Waals surface area contributed by atoms with Crippen LogP contribution >= 0.6 is 11.6 Å². The second kappa shape index (κ2) is 5.97. The van der Waals surface area contributed by atoms with Crippen LogP contribution in [0.25, 0.3) is 0 Å². The maximum atomic E-state index is 12.5. The average Bonchev–Trinajstić information content (AvgIpc) is 3.27. The molecule has 1 aromatic rings. The molecule has 2 fully saturated rings. The Morgan fingerprint density at radius 2 is 2.19 bits per heavy atom. The van der Waals surface area contributed by atoms with E-state index in [1.807, 2.05) is 0 Å². The number of nitrogens with zero attached hydrogens (tertiary/aromatic N) is 2. The fourth-order valence-corrected chi connectivity index (χ4v) is 3.00. The Morgan fingerprint density at radius 3 is 2.86 bits per heavy atom. The van der Waals surface area contributed by atoms with E-state index in [0.29, 0.717) is 23.2 Å². The lowest BCUT2D eigenvalue weighted by Crippen LogP contribution is -2.40. The molecule has 1 aromatic heterocycles. The van der Waals surface area contributed by atoms with Gasteiger partial charge in [-0.1, -0.05) is 18.5 Å². The van der Waals surface area contributed by atoms with E-state index in [9.17, 15) is 4.79 Å². The van der Waals surface area contributed by atoms with Gasteiger partial charge >= 0.3 is 0 Å². The first kappa shape index (κ1) is 14.9. The Balaban J connectivity index is 1.72. The lowest BCUT2D eigenvalue weighted by atomic mass is 9.81. The number of aromatic nitrogens is 2. The van der Waals surface area contributed by atoms with Crippen molar-refractivity contribution >= 4 is 17.3 Å². The predicted octanol–water partition coefficient (Wildman–Crippen LogP) is 2.11. The molecule has 3 rings (SSSR count). The molecule has 0 amide bonds. The normalized spacial score (nSPS) is 21.2. The fraction of sp³-hybridized carbons (Fsp3) is 0.733. The van der Waals surface area contributed by atoms with Gasteiger partial charge in [0.1, 0.15) is 5.69 Å². The van der Waals surface area contributed by atoms with Crippen molar-refractivity contribution in [1.82, 2.24) is 15.1 Å². The van der Waals surface area contributed by atoms with Gasteiger partial charge < -0.3 is 10.6 Å². The van der Waals surface area contributed by atoms with Crippen LogP contribution < -0.4 is 16.2 Å². The number of piperidine rings is 1. The van der Waals surface area contributed by atoms with E-state index >= 15 is 0 Å². The number of hydrogen-bond acceptors (Lipinski definition) is 4. The van der Waals surface area contributed by atoms with Crippen molar-refractivity contribution in [3.05, 3.63) is 21.6 Å². The van der Waals surface area contributed by atoms with Crippen molar-refractivity contribution in [1.29, 1.82) is 0 Å². The number of halogens is 1. The van der Waals surface area contributed by atoms with Crippen LogP contribution in [0.15, 0.2) is 11.0 Å². The third kappa shape index (κ3) is 3.58. The van der Waals surface area contributed by atoms with Crippen molar-refractivity contribution in [2.45, 2.75) is 39.2 Å².